The molecule has 6 nitrogen and oxygen atoms in total. The number of nitrogens with one attached hydrogen (secondary N) is 2. The van der Waals surface area contributed by atoms with Crippen LogP contribution in [0.5, 0.6) is 0 Å². The van der Waals surface area contributed by atoms with E-state index in [0.29, 0.717) is 11.4 Å². The number of hydrogen-bond donors (Lipinski definition) is 2. The maximum atomic E-state index is 11.8. The Hall–Kier alpha value is -2.63. The number of amides is 2. The Bertz CT molecular complexity index is 661. The molecule has 0 aliphatic heterocycles. The SMILES string of the molecule is Cc1cc(NC(=O)C(=O)Nc2cccc(C)c2C)no1. The number of rotatable bonds is 2. The number of carbonyl (C=O) groups is 2. The fourth-order valence-corrected chi connectivity index (χ4v) is 1.66. The highest BCUT2D eigenvalue weighted by atomic mass is 16.5. The Morgan fingerprint density at radius 2 is 1.80 bits per heavy atom. The second-order valence-corrected chi connectivity index (χ2v) is 4.48. The molecule has 20 heavy (non-hydrogen) atoms. The van der Waals surface area contributed by atoms with Crippen molar-refractivity contribution in [1.29, 1.82) is 0 Å². The summed E-state index contributed by atoms with van der Waals surface area (Å²) in [6.07, 6.45) is 0. The van der Waals surface area contributed by atoms with E-state index >= 15 is 0 Å². The molecule has 2 amide bonds. The quantitative estimate of drug-likeness (QED) is 0.821. The van der Waals surface area contributed by atoms with Crippen molar-refractivity contribution in [2.45, 2.75) is 20.8 Å². The zero-order valence-corrected chi connectivity index (χ0v) is 11.5. The van der Waals surface area contributed by atoms with Crippen molar-refractivity contribution in [3.05, 3.63) is 41.2 Å². The summed E-state index contributed by atoms with van der Waals surface area (Å²) in [5.74, 6) is -0.780. The topological polar surface area (TPSA) is 84.2 Å². The lowest BCUT2D eigenvalue weighted by atomic mass is 10.1. The molecule has 1 heterocycles. The van der Waals surface area contributed by atoms with Gasteiger partial charge in [-0.25, -0.2) is 0 Å². The first-order valence-electron chi connectivity index (χ1n) is 6.09. The maximum Gasteiger partial charge on any atom is 0.315 e. The lowest BCUT2D eigenvalue weighted by Gasteiger charge is -2.09. The van der Waals surface area contributed by atoms with Crippen LogP contribution in [-0.4, -0.2) is 17.0 Å². The van der Waals surface area contributed by atoms with E-state index in [9.17, 15) is 9.59 Å². The second-order valence-electron chi connectivity index (χ2n) is 4.48. The molecule has 104 valence electrons. The van der Waals surface area contributed by atoms with Crippen LogP contribution in [0, 0.1) is 20.8 Å². The molecule has 0 saturated carbocycles. The Balaban J connectivity index is 2.04. The first-order valence-corrected chi connectivity index (χ1v) is 6.09. The molecule has 2 N–H and O–H groups in total. The van der Waals surface area contributed by atoms with Crippen molar-refractivity contribution in [3.63, 3.8) is 0 Å². The minimum absolute atomic E-state index is 0.212. The van der Waals surface area contributed by atoms with Crippen LogP contribution in [0.1, 0.15) is 16.9 Å². The molecule has 0 spiro atoms. The van der Waals surface area contributed by atoms with Gasteiger partial charge in [-0.3, -0.25) is 14.9 Å². The van der Waals surface area contributed by atoms with Crippen LogP contribution in [-0.2, 0) is 9.59 Å². The van der Waals surface area contributed by atoms with E-state index in [4.69, 9.17) is 4.52 Å². The average molecular weight is 273 g/mol. The predicted octanol–water partition coefficient (Wildman–Crippen LogP) is 2.18. The molecule has 0 radical (unpaired) electrons. The summed E-state index contributed by atoms with van der Waals surface area (Å²) in [5.41, 5.74) is 2.57. The number of hydrogen-bond acceptors (Lipinski definition) is 4. The van der Waals surface area contributed by atoms with E-state index in [1.165, 1.54) is 6.07 Å². The molecule has 0 aliphatic rings. The highest BCUT2D eigenvalue weighted by Crippen LogP contribution is 2.17. The van der Waals surface area contributed by atoms with Crippen LogP contribution >= 0.6 is 0 Å². The van der Waals surface area contributed by atoms with Gasteiger partial charge in [0, 0.05) is 11.8 Å². The van der Waals surface area contributed by atoms with Crippen LogP contribution in [0.15, 0.2) is 28.8 Å². The van der Waals surface area contributed by atoms with Gasteiger partial charge in [-0.15, -0.1) is 0 Å². The van der Waals surface area contributed by atoms with Gasteiger partial charge in [0.2, 0.25) is 0 Å². The van der Waals surface area contributed by atoms with Crippen molar-refractivity contribution in [3.8, 4) is 0 Å². The van der Waals surface area contributed by atoms with E-state index in [-0.39, 0.29) is 5.82 Å². The molecule has 2 aromatic rings. The largest absolute Gasteiger partial charge is 0.360 e. The molecule has 6 heteroatoms. The molecule has 0 unspecified atom stereocenters. The second kappa shape index (κ2) is 5.56. The Morgan fingerprint density at radius 3 is 2.45 bits per heavy atom. The minimum Gasteiger partial charge on any atom is -0.360 e. The molecule has 1 aromatic heterocycles. The predicted molar refractivity (Wildman–Crippen MR) is 74.4 cm³/mol. The summed E-state index contributed by atoms with van der Waals surface area (Å²) in [5, 5.41) is 8.52. The van der Waals surface area contributed by atoms with Gasteiger partial charge in [-0.05, 0) is 38.0 Å². The standard InChI is InChI=1S/C14H15N3O3/c1-8-5-4-6-11(10(8)3)15-13(18)14(19)16-12-7-9(2)20-17-12/h4-7H,1-3H3,(H,15,18)(H,16,17,19). The summed E-state index contributed by atoms with van der Waals surface area (Å²) in [4.78, 5) is 23.5. The molecular weight excluding hydrogens is 258 g/mol. The molecule has 0 saturated heterocycles. The Morgan fingerprint density at radius 1 is 1.10 bits per heavy atom. The third-order valence-corrected chi connectivity index (χ3v) is 2.93. The first-order chi connectivity index (χ1) is 9.47. The number of nitrogens with zero attached hydrogens (tertiary/aromatic N) is 1. The average Bonchev–Trinajstić information content (AvgIpc) is 2.80. The van der Waals surface area contributed by atoms with Gasteiger partial charge in [0.05, 0.1) is 0 Å². The molecule has 0 fully saturated rings. The van der Waals surface area contributed by atoms with Crippen molar-refractivity contribution in [2.24, 2.45) is 0 Å². The Labute approximate surface area is 116 Å². The molecule has 0 atom stereocenters. The van der Waals surface area contributed by atoms with Gasteiger partial charge in [-0.2, -0.15) is 0 Å². The lowest BCUT2D eigenvalue weighted by molar-refractivity contribution is -0.133. The van der Waals surface area contributed by atoms with Crippen LogP contribution in [0.25, 0.3) is 0 Å². The molecule has 2 rings (SSSR count). The van der Waals surface area contributed by atoms with Crippen LogP contribution in [0.3, 0.4) is 0 Å². The summed E-state index contributed by atoms with van der Waals surface area (Å²) in [6, 6.07) is 7.02. The van der Waals surface area contributed by atoms with Gasteiger partial charge in [0.25, 0.3) is 0 Å². The molecular formula is C14H15N3O3. The highest BCUT2D eigenvalue weighted by Gasteiger charge is 2.16. The third kappa shape index (κ3) is 3.03. The van der Waals surface area contributed by atoms with Crippen molar-refractivity contribution >= 4 is 23.3 Å². The third-order valence-electron chi connectivity index (χ3n) is 2.93. The van der Waals surface area contributed by atoms with E-state index in [2.05, 4.69) is 15.8 Å². The van der Waals surface area contributed by atoms with Crippen LogP contribution < -0.4 is 10.6 Å². The number of carbonyl (C=O) groups excluding carboxylic acids is 2. The van der Waals surface area contributed by atoms with E-state index in [1.54, 1.807) is 13.0 Å². The summed E-state index contributed by atoms with van der Waals surface area (Å²) >= 11 is 0. The molecule has 0 bridgehead atoms. The normalized spacial score (nSPS) is 10.2. The van der Waals surface area contributed by atoms with Gasteiger partial charge in [0.1, 0.15) is 5.76 Å². The maximum absolute atomic E-state index is 11.8. The fourth-order valence-electron chi connectivity index (χ4n) is 1.66. The zero-order chi connectivity index (χ0) is 14.7. The number of aromatic nitrogens is 1. The van der Waals surface area contributed by atoms with Crippen LogP contribution in [0.2, 0.25) is 0 Å². The van der Waals surface area contributed by atoms with Crippen molar-refractivity contribution in [1.82, 2.24) is 5.16 Å². The van der Waals surface area contributed by atoms with Crippen molar-refractivity contribution < 1.29 is 14.1 Å². The monoisotopic (exact) mass is 273 g/mol. The van der Waals surface area contributed by atoms with Gasteiger partial charge in [-0.1, -0.05) is 17.3 Å². The summed E-state index contributed by atoms with van der Waals surface area (Å²) in [7, 11) is 0. The molecule has 1 aromatic carbocycles. The lowest BCUT2D eigenvalue weighted by Crippen LogP contribution is -2.29. The smallest absolute Gasteiger partial charge is 0.315 e. The summed E-state index contributed by atoms with van der Waals surface area (Å²) in [6.45, 7) is 5.51. The van der Waals surface area contributed by atoms with Crippen LogP contribution in [0.4, 0.5) is 11.5 Å². The van der Waals surface area contributed by atoms with E-state index < -0.39 is 11.8 Å². The number of benzene rings is 1. The van der Waals surface area contributed by atoms with E-state index in [0.717, 1.165) is 11.1 Å². The summed E-state index contributed by atoms with van der Waals surface area (Å²) < 4.78 is 4.80. The van der Waals surface area contributed by atoms with Crippen molar-refractivity contribution in [2.75, 3.05) is 10.6 Å². The Kier molecular flexibility index (Phi) is 3.84. The fraction of sp³-hybridized carbons (Fsp3) is 0.214. The van der Waals surface area contributed by atoms with Gasteiger partial charge < -0.3 is 9.84 Å². The minimum atomic E-state index is -0.792. The zero-order valence-electron chi connectivity index (χ0n) is 11.5. The van der Waals surface area contributed by atoms with Gasteiger partial charge in [0.15, 0.2) is 5.82 Å². The number of aryl methyl sites for hydroxylation is 2. The van der Waals surface area contributed by atoms with Gasteiger partial charge >= 0.3 is 11.8 Å². The molecule has 0 aliphatic carbocycles. The number of anilines is 2. The first kappa shape index (κ1) is 13.8. The highest BCUT2D eigenvalue weighted by molar-refractivity contribution is 6.43. The van der Waals surface area contributed by atoms with E-state index in [1.807, 2.05) is 26.0 Å².